The second-order valence-electron chi connectivity index (χ2n) is 8.79. The third-order valence-electron chi connectivity index (χ3n) is 6.32. The van der Waals surface area contributed by atoms with Crippen LogP contribution in [0.25, 0.3) is 0 Å². The van der Waals surface area contributed by atoms with E-state index in [9.17, 15) is 4.79 Å². The summed E-state index contributed by atoms with van der Waals surface area (Å²) in [5, 5.41) is 1.70. The van der Waals surface area contributed by atoms with Gasteiger partial charge in [0.2, 0.25) is 0 Å². The van der Waals surface area contributed by atoms with Gasteiger partial charge in [0.25, 0.3) is 5.91 Å². The fourth-order valence-corrected chi connectivity index (χ4v) is 6.80. The molecule has 1 amide bonds. The van der Waals surface area contributed by atoms with E-state index in [0.29, 0.717) is 6.54 Å². The minimum atomic E-state index is 0.0140. The molecule has 36 heavy (non-hydrogen) atoms. The van der Waals surface area contributed by atoms with E-state index in [0.717, 1.165) is 55.7 Å². The van der Waals surface area contributed by atoms with Crippen LogP contribution in [-0.2, 0) is 11.2 Å². The summed E-state index contributed by atoms with van der Waals surface area (Å²) in [6.07, 6.45) is 0.768. The van der Waals surface area contributed by atoms with Crippen molar-refractivity contribution in [1.29, 1.82) is 0 Å². The minimum absolute atomic E-state index is 0.0140. The second kappa shape index (κ2) is 10.4. The fourth-order valence-electron chi connectivity index (χ4n) is 4.41. The zero-order valence-electron chi connectivity index (χ0n) is 20.9. The van der Waals surface area contributed by atoms with E-state index < -0.39 is 0 Å². The zero-order valence-corrected chi connectivity index (χ0v) is 22.6. The Bertz CT molecular complexity index is 1370. The van der Waals surface area contributed by atoms with Gasteiger partial charge in [-0.15, -0.1) is 0 Å². The lowest BCUT2D eigenvalue weighted by atomic mass is 10.1. The molecular weight excluding hydrogens is 486 g/mol. The van der Waals surface area contributed by atoms with Crippen molar-refractivity contribution in [1.82, 2.24) is 4.90 Å². The van der Waals surface area contributed by atoms with Gasteiger partial charge in [0, 0.05) is 24.1 Å². The number of carbonyl (C=O) groups is 1. The monoisotopic (exact) mass is 515 g/mol. The molecule has 0 radical (unpaired) electrons. The Hall–Kier alpha value is -3.16. The van der Waals surface area contributed by atoms with Crippen LogP contribution in [0.3, 0.4) is 0 Å². The molecule has 0 bridgehead atoms. The summed E-state index contributed by atoms with van der Waals surface area (Å²) >= 11 is 3.12. The number of nitrogens with zero attached hydrogens (tertiary/aromatic N) is 3. The van der Waals surface area contributed by atoms with Gasteiger partial charge < -0.3 is 9.64 Å². The first-order valence-corrected chi connectivity index (χ1v) is 13.7. The highest BCUT2D eigenvalue weighted by atomic mass is 32.2. The smallest absolute Gasteiger partial charge is 0.269 e. The van der Waals surface area contributed by atoms with Gasteiger partial charge in [0.05, 0.1) is 18.5 Å². The molecule has 0 spiro atoms. The van der Waals surface area contributed by atoms with Crippen LogP contribution >= 0.6 is 23.5 Å². The zero-order chi connectivity index (χ0) is 25.2. The van der Waals surface area contributed by atoms with Crippen molar-refractivity contribution in [2.75, 3.05) is 25.1 Å². The highest BCUT2D eigenvalue weighted by molar-refractivity contribution is 8.19. The summed E-state index contributed by atoms with van der Waals surface area (Å²) < 4.78 is 5.46. The largest absolute Gasteiger partial charge is 0.497 e. The molecule has 0 atom stereocenters. The van der Waals surface area contributed by atoms with Crippen LogP contribution in [0.2, 0.25) is 0 Å². The number of methoxy groups -OCH3 is 1. The maximum atomic E-state index is 13.9. The van der Waals surface area contributed by atoms with Crippen molar-refractivity contribution in [3.63, 3.8) is 0 Å². The van der Waals surface area contributed by atoms with Crippen LogP contribution in [0.5, 0.6) is 5.75 Å². The summed E-state index contributed by atoms with van der Waals surface area (Å²) in [6, 6.07) is 22.6. The number of aryl methyl sites for hydroxylation is 2. The molecule has 2 heterocycles. The molecule has 2 aliphatic heterocycles. The first-order chi connectivity index (χ1) is 17.5. The number of fused-ring (bicyclic) bond motifs is 1. The summed E-state index contributed by atoms with van der Waals surface area (Å²) in [5.74, 6) is 0.825. The number of rotatable bonds is 6. The van der Waals surface area contributed by atoms with E-state index in [4.69, 9.17) is 9.73 Å². The Morgan fingerprint density at radius 3 is 2.47 bits per heavy atom. The highest BCUT2D eigenvalue weighted by Crippen LogP contribution is 2.51. The van der Waals surface area contributed by atoms with Crippen LogP contribution in [-0.4, -0.2) is 36.2 Å². The number of amidine groups is 1. The standard InChI is InChI=1S/C29H29N3O2S2/c1-5-31-24-18-22(34-4)12-14-25(24)35-28(31)26-27(33)32(16-15-21-9-7-6-8-10-21)29(36-26)30-23-13-11-19(2)17-20(23)3/h6-14,17-18H,5,15-16H2,1-4H3. The van der Waals surface area contributed by atoms with Crippen LogP contribution in [0.4, 0.5) is 11.4 Å². The predicted octanol–water partition coefficient (Wildman–Crippen LogP) is 6.92. The number of carbonyl (C=O) groups excluding carboxylic acids is 1. The SMILES string of the molecule is CCN1C(=C2SC(=Nc3ccc(C)cc3C)N(CCc3ccccc3)C2=O)Sc2ccc(OC)cc21. The van der Waals surface area contributed by atoms with Crippen molar-refractivity contribution in [3.05, 3.63) is 93.4 Å². The number of amides is 1. The number of hydrogen-bond acceptors (Lipinski definition) is 6. The molecule has 0 unspecified atom stereocenters. The van der Waals surface area contributed by atoms with Crippen LogP contribution < -0.4 is 9.64 Å². The molecule has 0 N–H and O–H groups in total. The molecule has 1 fully saturated rings. The van der Waals surface area contributed by atoms with Crippen LogP contribution in [0.1, 0.15) is 23.6 Å². The number of benzene rings is 3. The molecule has 0 aromatic heterocycles. The van der Waals surface area contributed by atoms with Crippen molar-refractivity contribution < 1.29 is 9.53 Å². The quantitative estimate of drug-likeness (QED) is 0.334. The molecule has 5 rings (SSSR count). The van der Waals surface area contributed by atoms with E-state index in [1.54, 1.807) is 18.9 Å². The van der Waals surface area contributed by atoms with E-state index in [-0.39, 0.29) is 5.91 Å². The summed E-state index contributed by atoms with van der Waals surface area (Å²) in [5.41, 5.74) is 5.47. The lowest BCUT2D eigenvalue weighted by Gasteiger charge is -2.19. The lowest BCUT2D eigenvalue weighted by molar-refractivity contribution is -0.122. The number of hydrogen-bond donors (Lipinski definition) is 0. The predicted molar refractivity (Wildman–Crippen MR) is 151 cm³/mol. The van der Waals surface area contributed by atoms with E-state index >= 15 is 0 Å². The molecule has 1 saturated heterocycles. The topological polar surface area (TPSA) is 45.1 Å². The van der Waals surface area contributed by atoms with E-state index in [1.165, 1.54) is 22.9 Å². The Morgan fingerprint density at radius 1 is 0.944 bits per heavy atom. The lowest BCUT2D eigenvalue weighted by Crippen LogP contribution is -2.32. The van der Waals surface area contributed by atoms with Gasteiger partial charge >= 0.3 is 0 Å². The normalized spacial score (nSPS) is 18.3. The summed E-state index contributed by atoms with van der Waals surface area (Å²) in [6.45, 7) is 7.59. The van der Waals surface area contributed by atoms with Gasteiger partial charge in [-0.3, -0.25) is 9.69 Å². The average molecular weight is 516 g/mol. The minimum Gasteiger partial charge on any atom is -0.497 e. The van der Waals surface area contributed by atoms with E-state index in [2.05, 4.69) is 56.0 Å². The van der Waals surface area contributed by atoms with Gasteiger partial charge in [-0.1, -0.05) is 59.8 Å². The van der Waals surface area contributed by atoms with Crippen LogP contribution in [0.15, 0.2) is 86.6 Å². The summed E-state index contributed by atoms with van der Waals surface area (Å²) in [7, 11) is 1.68. The molecule has 7 heteroatoms. The maximum absolute atomic E-state index is 13.9. The Balaban J connectivity index is 1.53. The molecule has 0 aliphatic carbocycles. The van der Waals surface area contributed by atoms with Gasteiger partial charge in [0.15, 0.2) is 5.17 Å². The maximum Gasteiger partial charge on any atom is 0.269 e. The van der Waals surface area contributed by atoms with Crippen molar-refractivity contribution in [2.24, 2.45) is 4.99 Å². The molecule has 3 aromatic carbocycles. The highest BCUT2D eigenvalue weighted by Gasteiger charge is 2.39. The molecule has 184 valence electrons. The Labute approximate surface area is 221 Å². The number of ether oxygens (including phenoxy) is 1. The molecule has 5 nitrogen and oxygen atoms in total. The first-order valence-electron chi connectivity index (χ1n) is 12.1. The van der Waals surface area contributed by atoms with Gasteiger partial charge in [0.1, 0.15) is 15.7 Å². The molecular formula is C29H29N3O2S2. The molecule has 2 aliphatic rings. The second-order valence-corrected chi connectivity index (χ2v) is 10.8. The number of thioether (sulfide) groups is 2. The first kappa shape index (κ1) is 24.5. The van der Waals surface area contributed by atoms with Crippen molar-refractivity contribution in [2.45, 2.75) is 32.1 Å². The molecule has 0 saturated carbocycles. The Morgan fingerprint density at radius 2 is 1.75 bits per heavy atom. The Kier molecular flexibility index (Phi) is 7.12. The third-order valence-corrected chi connectivity index (χ3v) is 8.70. The van der Waals surface area contributed by atoms with Gasteiger partial charge in [-0.2, -0.15) is 0 Å². The van der Waals surface area contributed by atoms with Gasteiger partial charge in [-0.25, -0.2) is 4.99 Å². The number of aliphatic imine (C=N–C) groups is 1. The van der Waals surface area contributed by atoms with Crippen molar-refractivity contribution in [3.8, 4) is 5.75 Å². The molecule has 3 aromatic rings. The fraction of sp³-hybridized carbons (Fsp3) is 0.241. The van der Waals surface area contributed by atoms with Gasteiger partial charge in [-0.05, 0) is 68.3 Å². The van der Waals surface area contributed by atoms with Crippen LogP contribution in [0, 0.1) is 13.8 Å². The van der Waals surface area contributed by atoms with E-state index in [1.807, 2.05) is 41.3 Å². The third kappa shape index (κ3) is 4.77. The van der Waals surface area contributed by atoms with Crippen molar-refractivity contribution >= 4 is 46.0 Å². The average Bonchev–Trinajstić information content (AvgIpc) is 3.40. The summed E-state index contributed by atoms with van der Waals surface area (Å²) in [4.78, 5) is 24.8. The number of anilines is 1.